The first-order valence-corrected chi connectivity index (χ1v) is 8.86. The van der Waals surface area contributed by atoms with E-state index in [4.69, 9.17) is 5.14 Å². The van der Waals surface area contributed by atoms with Gasteiger partial charge in [-0.3, -0.25) is 0 Å². The SMILES string of the molecule is CN(C)[C@@H]1CCC[C@H](Nc2ccc(S(N)(=O)=O)cc2C#N)C1. The molecule has 1 aliphatic rings. The Labute approximate surface area is 132 Å². The molecule has 1 saturated carbocycles. The second-order valence-corrected chi connectivity index (χ2v) is 7.55. The maximum atomic E-state index is 11.4. The summed E-state index contributed by atoms with van der Waals surface area (Å²) in [6, 6.07) is 7.23. The average molecular weight is 322 g/mol. The molecule has 0 aliphatic heterocycles. The number of hydrogen-bond acceptors (Lipinski definition) is 5. The zero-order valence-corrected chi connectivity index (χ0v) is 13.7. The molecular weight excluding hydrogens is 300 g/mol. The summed E-state index contributed by atoms with van der Waals surface area (Å²) in [4.78, 5) is 2.19. The number of primary sulfonamides is 1. The van der Waals surface area contributed by atoms with Crippen molar-refractivity contribution >= 4 is 15.7 Å². The Balaban J connectivity index is 2.18. The van der Waals surface area contributed by atoms with Crippen LogP contribution in [0.3, 0.4) is 0 Å². The van der Waals surface area contributed by atoms with Crippen LogP contribution in [0.5, 0.6) is 0 Å². The molecular formula is C15H22N4O2S. The molecule has 0 spiro atoms. The minimum absolute atomic E-state index is 0.0376. The number of rotatable bonds is 4. The largest absolute Gasteiger partial charge is 0.381 e. The molecule has 0 saturated heterocycles. The van der Waals surface area contributed by atoms with Crippen LogP contribution >= 0.6 is 0 Å². The first-order valence-electron chi connectivity index (χ1n) is 7.31. The van der Waals surface area contributed by atoms with Crippen LogP contribution in [0, 0.1) is 11.3 Å². The summed E-state index contributed by atoms with van der Waals surface area (Å²) in [5.74, 6) is 0. The van der Waals surface area contributed by atoms with Gasteiger partial charge in [-0.1, -0.05) is 0 Å². The van der Waals surface area contributed by atoms with Crippen LogP contribution in [0.4, 0.5) is 5.69 Å². The Bertz CT molecular complexity index is 679. The molecule has 1 fully saturated rings. The monoisotopic (exact) mass is 322 g/mol. The predicted molar refractivity (Wildman–Crippen MR) is 85.9 cm³/mol. The van der Waals surface area contributed by atoms with Gasteiger partial charge in [0.2, 0.25) is 10.0 Å². The van der Waals surface area contributed by atoms with Crippen LogP contribution in [-0.2, 0) is 10.0 Å². The van der Waals surface area contributed by atoms with E-state index in [1.807, 2.05) is 6.07 Å². The van der Waals surface area contributed by atoms with Gasteiger partial charge in [-0.05, 0) is 58.0 Å². The van der Waals surface area contributed by atoms with Gasteiger partial charge >= 0.3 is 0 Å². The highest BCUT2D eigenvalue weighted by molar-refractivity contribution is 7.89. The van der Waals surface area contributed by atoms with Gasteiger partial charge in [-0.25, -0.2) is 13.6 Å². The fourth-order valence-electron chi connectivity index (χ4n) is 2.90. The summed E-state index contributed by atoms with van der Waals surface area (Å²) in [5, 5.41) is 17.7. The molecule has 0 heterocycles. The van der Waals surface area contributed by atoms with Crippen LogP contribution < -0.4 is 10.5 Å². The zero-order valence-electron chi connectivity index (χ0n) is 12.9. The third kappa shape index (κ3) is 3.97. The fraction of sp³-hybridized carbons (Fsp3) is 0.533. The van der Waals surface area contributed by atoms with Crippen molar-refractivity contribution in [3.05, 3.63) is 23.8 Å². The van der Waals surface area contributed by atoms with Gasteiger partial charge in [0.05, 0.1) is 16.1 Å². The number of nitrogens with one attached hydrogen (secondary N) is 1. The second kappa shape index (κ2) is 6.65. The van der Waals surface area contributed by atoms with Gasteiger partial charge < -0.3 is 10.2 Å². The molecule has 6 nitrogen and oxygen atoms in total. The minimum Gasteiger partial charge on any atom is -0.381 e. The average Bonchev–Trinajstić information content (AvgIpc) is 2.46. The molecule has 1 aliphatic carbocycles. The number of nitrogens with two attached hydrogens (primary N) is 1. The Hall–Kier alpha value is -1.62. The molecule has 1 aromatic carbocycles. The summed E-state index contributed by atoms with van der Waals surface area (Å²) in [7, 11) is 0.365. The standard InChI is InChI=1S/C15H22N4O2S/c1-19(2)13-5-3-4-12(9-13)18-15-7-6-14(22(17,20)21)8-11(15)10-16/h6-8,12-13,18H,3-5,9H2,1-2H3,(H2,17,20,21)/t12-,13+/m0/s1. The smallest absolute Gasteiger partial charge is 0.238 e. The van der Waals surface area contributed by atoms with E-state index in [1.165, 1.54) is 18.6 Å². The second-order valence-electron chi connectivity index (χ2n) is 5.99. The van der Waals surface area contributed by atoms with Crippen molar-refractivity contribution in [1.29, 1.82) is 5.26 Å². The molecule has 3 N–H and O–H groups in total. The zero-order chi connectivity index (χ0) is 16.3. The molecule has 0 aromatic heterocycles. The lowest BCUT2D eigenvalue weighted by Gasteiger charge is -2.34. The first kappa shape index (κ1) is 16.7. The van der Waals surface area contributed by atoms with Crippen molar-refractivity contribution in [2.45, 2.75) is 42.7 Å². The number of nitriles is 1. The van der Waals surface area contributed by atoms with Crippen molar-refractivity contribution in [1.82, 2.24) is 4.90 Å². The number of sulfonamides is 1. The molecule has 7 heteroatoms. The van der Waals surface area contributed by atoms with E-state index in [0.29, 0.717) is 17.3 Å². The number of hydrogen-bond donors (Lipinski definition) is 2. The van der Waals surface area contributed by atoms with Crippen LogP contribution in [0.1, 0.15) is 31.2 Å². The third-order valence-electron chi connectivity index (χ3n) is 4.18. The third-order valence-corrected chi connectivity index (χ3v) is 5.09. The van der Waals surface area contributed by atoms with Gasteiger partial charge in [-0.15, -0.1) is 0 Å². The highest BCUT2D eigenvalue weighted by atomic mass is 32.2. The van der Waals surface area contributed by atoms with E-state index < -0.39 is 10.0 Å². The van der Waals surface area contributed by atoms with Crippen LogP contribution in [0.2, 0.25) is 0 Å². The van der Waals surface area contributed by atoms with E-state index in [1.54, 1.807) is 6.07 Å². The molecule has 0 bridgehead atoms. The van der Waals surface area contributed by atoms with Crippen molar-refractivity contribution < 1.29 is 8.42 Å². The lowest BCUT2D eigenvalue weighted by Crippen LogP contribution is -2.38. The minimum atomic E-state index is -3.79. The van der Waals surface area contributed by atoms with Crippen LogP contribution in [-0.4, -0.2) is 39.5 Å². The molecule has 0 radical (unpaired) electrons. The van der Waals surface area contributed by atoms with Gasteiger partial charge in [0.25, 0.3) is 0 Å². The number of nitrogens with zero attached hydrogens (tertiary/aromatic N) is 2. The Morgan fingerprint density at radius 1 is 1.36 bits per heavy atom. The maximum Gasteiger partial charge on any atom is 0.238 e. The molecule has 0 amide bonds. The Kier molecular flexibility index (Phi) is 5.06. The molecule has 120 valence electrons. The van der Waals surface area contributed by atoms with E-state index in [-0.39, 0.29) is 10.9 Å². The van der Waals surface area contributed by atoms with Crippen molar-refractivity contribution in [3.8, 4) is 6.07 Å². The summed E-state index contributed by atoms with van der Waals surface area (Å²) in [5.41, 5.74) is 0.970. The van der Waals surface area contributed by atoms with Crippen LogP contribution in [0.25, 0.3) is 0 Å². The number of anilines is 1. The van der Waals surface area contributed by atoms with Crippen LogP contribution in [0.15, 0.2) is 23.1 Å². The van der Waals surface area contributed by atoms with Crippen molar-refractivity contribution in [2.24, 2.45) is 5.14 Å². The Morgan fingerprint density at radius 3 is 2.68 bits per heavy atom. The lowest BCUT2D eigenvalue weighted by molar-refractivity contribution is 0.219. The van der Waals surface area contributed by atoms with Crippen molar-refractivity contribution in [3.63, 3.8) is 0 Å². The maximum absolute atomic E-state index is 11.4. The normalized spacial score (nSPS) is 22.3. The molecule has 2 rings (SSSR count). The molecule has 22 heavy (non-hydrogen) atoms. The van der Waals surface area contributed by atoms with E-state index in [0.717, 1.165) is 19.3 Å². The molecule has 1 aromatic rings. The van der Waals surface area contributed by atoms with Gasteiger partial charge in [0.1, 0.15) is 6.07 Å². The van der Waals surface area contributed by atoms with Gasteiger partial charge in [-0.2, -0.15) is 5.26 Å². The van der Waals surface area contributed by atoms with E-state index >= 15 is 0 Å². The van der Waals surface area contributed by atoms with Gasteiger partial charge in [0, 0.05) is 12.1 Å². The van der Waals surface area contributed by atoms with E-state index in [9.17, 15) is 13.7 Å². The summed E-state index contributed by atoms with van der Waals surface area (Å²) < 4.78 is 22.7. The highest BCUT2D eigenvalue weighted by Gasteiger charge is 2.24. The number of benzene rings is 1. The molecule has 0 unspecified atom stereocenters. The quantitative estimate of drug-likeness (QED) is 0.875. The predicted octanol–water partition coefficient (Wildman–Crippen LogP) is 1.49. The highest BCUT2D eigenvalue weighted by Crippen LogP contribution is 2.27. The van der Waals surface area contributed by atoms with Gasteiger partial charge in [0.15, 0.2) is 0 Å². The fourth-order valence-corrected chi connectivity index (χ4v) is 3.44. The molecule has 2 atom stereocenters. The Morgan fingerprint density at radius 2 is 2.09 bits per heavy atom. The summed E-state index contributed by atoms with van der Waals surface area (Å²) in [6.07, 6.45) is 4.37. The van der Waals surface area contributed by atoms with E-state index in [2.05, 4.69) is 24.3 Å². The summed E-state index contributed by atoms with van der Waals surface area (Å²) >= 11 is 0. The summed E-state index contributed by atoms with van der Waals surface area (Å²) in [6.45, 7) is 0. The lowest BCUT2D eigenvalue weighted by atomic mass is 9.90. The topological polar surface area (TPSA) is 99.2 Å². The first-order chi connectivity index (χ1) is 10.3. The van der Waals surface area contributed by atoms with Crippen molar-refractivity contribution in [2.75, 3.05) is 19.4 Å².